The van der Waals surface area contributed by atoms with E-state index in [0.29, 0.717) is 22.9 Å². The van der Waals surface area contributed by atoms with Crippen LogP contribution in [0.4, 0.5) is 4.39 Å². The lowest BCUT2D eigenvalue weighted by Gasteiger charge is -2.17. The molecule has 1 unspecified atom stereocenters. The normalized spacial score (nSPS) is 12.2. The molecule has 2 aromatic carbocycles. The van der Waals surface area contributed by atoms with Gasteiger partial charge in [0.05, 0.1) is 23.3 Å². The van der Waals surface area contributed by atoms with E-state index in [-0.39, 0.29) is 18.1 Å². The van der Waals surface area contributed by atoms with Gasteiger partial charge in [0, 0.05) is 6.07 Å². The van der Waals surface area contributed by atoms with Crippen LogP contribution in [0.1, 0.15) is 25.1 Å². The van der Waals surface area contributed by atoms with Crippen molar-refractivity contribution >= 4 is 11.5 Å². The van der Waals surface area contributed by atoms with Crippen LogP contribution >= 0.6 is 0 Å². The first-order chi connectivity index (χ1) is 15.5. The van der Waals surface area contributed by atoms with Crippen molar-refractivity contribution in [3.8, 4) is 17.7 Å². The second kappa shape index (κ2) is 10.9. The Labute approximate surface area is 186 Å². The van der Waals surface area contributed by atoms with E-state index in [4.69, 9.17) is 9.47 Å². The van der Waals surface area contributed by atoms with Crippen molar-refractivity contribution in [3.63, 3.8) is 0 Å². The van der Waals surface area contributed by atoms with E-state index >= 15 is 0 Å². The molecular formula is C26H23FN2O3. The van der Waals surface area contributed by atoms with Gasteiger partial charge in [0.1, 0.15) is 18.2 Å². The highest BCUT2D eigenvalue weighted by Crippen LogP contribution is 2.23. The van der Waals surface area contributed by atoms with Crippen LogP contribution in [0.3, 0.4) is 0 Å². The van der Waals surface area contributed by atoms with Crippen molar-refractivity contribution in [1.82, 2.24) is 4.98 Å². The molecule has 1 heterocycles. The minimum absolute atomic E-state index is 0.0275. The number of rotatable bonds is 8. The zero-order valence-corrected chi connectivity index (χ0v) is 17.9. The fourth-order valence-electron chi connectivity index (χ4n) is 2.99. The van der Waals surface area contributed by atoms with Crippen LogP contribution in [-0.2, 0) is 16.1 Å². The maximum Gasteiger partial charge on any atom is 0.313 e. The number of esters is 1. The topological polar surface area (TPSA) is 72.2 Å². The molecule has 0 saturated carbocycles. The molecule has 0 bridgehead atoms. The van der Waals surface area contributed by atoms with Gasteiger partial charge >= 0.3 is 5.97 Å². The van der Waals surface area contributed by atoms with Crippen molar-refractivity contribution in [2.75, 3.05) is 0 Å². The minimum atomic E-state index is -0.640. The Morgan fingerprint density at radius 3 is 2.44 bits per heavy atom. The Morgan fingerprint density at radius 2 is 1.78 bits per heavy atom. The molecule has 0 aliphatic rings. The zero-order chi connectivity index (χ0) is 22.9. The van der Waals surface area contributed by atoms with Crippen LogP contribution in [0.5, 0.6) is 11.6 Å². The summed E-state index contributed by atoms with van der Waals surface area (Å²) in [6, 6.07) is 22.2. The van der Waals surface area contributed by atoms with Crippen molar-refractivity contribution in [1.29, 1.82) is 5.26 Å². The molecule has 0 aliphatic heterocycles. The zero-order valence-electron chi connectivity index (χ0n) is 17.9. The van der Waals surface area contributed by atoms with Crippen LogP contribution < -0.4 is 4.74 Å². The second-order valence-electron chi connectivity index (χ2n) is 7.46. The Hall–Kier alpha value is -3.98. The Bertz CT molecular complexity index is 1120. The summed E-state index contributed by atoms with van der Waals surface area (Å²) in [6.45, 7) is 3.71. The average Bonchev–Trinajstić information content (AvgIpc) is 2.80. The summed E-state index contributed by atoms with van der Waals surface area (Å²) < 4.78 is 24.4. The van der Waals surface area contributed by atoms with Gasteiger partial charge in [-0.3, -0.25) is 4.79 Å². The SMILES string of the molecule is CC(C)C(C=C(C#N)c1ccc(F)cc1)C(=O)OCc1cccc(Oc2ccccc2)n1. The van der Waals surface area contributed by atoms with Gasteiger partial charge in [-0.2, -0.15) is 5.26 Å². The Morgan fingerprint density at radius 1 is 1.06 bits per heavy atom. The van der Waals surface area contributed by atoms with Crippen LogP contribution in [0, 0.1) is 29.0 Å². The molecule has 32 heavy (non-hydrogen) atoms. The fourth-order valence-corrected chi connectivity index (χ4v) is 2.99. The number of ether oxygens (including phenoxy) is 2. The highest BCUT2D eigenvalue weighted by molar-refractivity contribution is 5.83. The van der Waals surface area contributed by atoms with Gasteiger partial charge < -0.3 is 9.47 Å². The third-order valence-corrected chi connectivity index (χ3v) is 4.72. The molecule has 0 spiro atoms. The molecule has 0 radical (unpaired) electrons. The number of nitriles is 1. The predicted molar refractivity (Wildman–Crippen MR) is 119 cm³/mol. The van der Waals surface area contributed by atoms with E-state index in [1.165, 1.54) is 24.3 Å². The maximum absolute atomic E-state index is 13.2. The van der Waals surface area contributed by atoms with Crippen molar-refractivity contribution < 1.29 is 18.7 Å². The first kappa shape index (κ1) is 22.7. The molecule has 5 nitrogen and oxygen atoms in total. The second-order valence-corrected chi connectivity index (χ2v) is 7.46. The maximum atomic E-state index is 13.2. The Kier molecular flexibility index (Phi) is 7.71. The lowest BCUT2D eigenvalue weighted by Crippen LogP contribution is -2.21. The van der Waals surface area contributed by atoms with Crippen LogP contribution in [0.2, 0.25) is 0 Å². The van der Waals surface area contributed by atoms with E-state index in [1.807, 2.05) is 44.2 Å². The van der Waals surface area contributed by atoms with Crippen LogP contribution in [0.25, 0.3) is 5.57 Å². The van der Waals surface area contributed by atoms with Gasteiger partial charge in [0.15, 0.2) is 0 Å². The quantitative estimate of drug-likeness (QED) is 0.327. The van der Waals surface area contributed by atoms with Crippen LogP contribution in [-0.4, -0.2) is 11.0 Å². The number of benzene rings is 2. The van der Waals surface area contributed by atoms with E-state index in [1.54, 1.807) is 24.3 Å². The molecule has 6 heteroatoms. The minimum Gasteiger partial charge on any atom is -0.459 e. The number of carbonyl (C=O) groups excluding carboxylic acids is 1. The smallest absolute Gasteiger partial charge is 0.313 e. The molecule has 3 rings (SSSR count). The van der Waals surface area contributed by atoms with E-state index < -0.39 is 17.7 Å². The standard InChI is InChI=1S/C26H23FN2O3/c1-18(2)24(15-20(16-28)19-11-13-21(27)14-12-19)26(30)31-17-22-7-6-10-25(29-22)32-23-8-4-3-5-9-23/h3-15,18,24H,17H2,1-2H3. The van der Waals surface area contributed by atoms with Crippen molar-refractivity contribution in [3.05, 3.63) is 95.9 Å². The number of halogens is 1. The molecule has 0 aliphatic carbocycles. The number of carbonyl (C=O) groups is 1. The molecule has 1 atom stereocenters. The summed E-state index contributed by atoms with van der Waals surface area (Å²) in [5.74, 6) is -0.551. The fraction of sp³-hybridized carbons (Fsp3) is 0.192. The summed E-state index contributed by atoms with van der Waals surface area (Å²) in [6.07, 6.45) is 1.57. The number of para-hydroxylation sites is 1. The third-order valence-electron chi connectivity index (χ3n) is 4.72. The first-order valence-electron chi connectivity index (χ1n) is 10.2. The van der Waals surface area contributed by atoms with Gasteiger partial charge in [0.25, 0.3) is 0 Å². The number of aromatic nitrogens is 1. The molecular weight excluding hydrogens is 407 g/mol. The number of hydrogen-bond donors (Lipinski definition) is 0. The summed E-state index contributed by atoms with van der Waals surface area (Å²) in [5.41, 5.74) is 1.37. The van der Waals surface area contributed by atoms with E-state index in [0.717, 1.165) is 0 Å². The van der Waals surface area contributed by atoms with Gasteiger partial charge in [-0.1, -0.05) is 56.3 Å². The molecule has 0 saturated heterocycles. The van der Waals surface area contributed by atoms with Gasteiger partial charge in [-0.05, 0) is 41.8 Å². The third kappa shape index (κ3) is 6.26. The molecule has 0 N–H and O–H groups in total. The van der Waals surface area contributed by atoms with Gasteiger partial charge in [-0.15, -0.1) is 0 Å². The highest BCUT2D eigenvalue weighted by atomic mass is 19.1. The molecule has 162 valence electrons. The summed E-state index contributed by atoms with van der Waals surface area (Å²) in [5, 5.41) is 9.53. The first-order valence-corrected chi connectivity index (χ1v) is 10.2. The number of allylic oxidation sites excluding steroid dienone is 1. The largest absolute Gasteiger partial charge is 0.459 e. The predicted octanol–water partition coefficient (Wildman–Crippen LogP) is 5.94. The van der Waals surface area contributed by atoms with Crippen molar-refractivity contribution in [2.24, 2.45) is 11.8 Å². The highest BCUT2D eigenvalue weighted by Gasteiger charge is 2.23. The number of hydrogen-bond acceptors (Lipinski definition) is 5. The van der Waals surface area contributed by atoms with Gasteiger partial charge in [-0.25, -0.2) is 9.37 Å². The summed E-state index contributed by atoms with van der Waals surface area (Å²) >= 11 is 0. The molecule has 0 amide bonds. The number of nitrogens with zero attached hydrogens (tertiary/aromatic N) is 2. The molecule has 1 aromatic heterocycles. The monoisotopic (exact) mass is 430 g/mol. The Balaban J connectivity index is 1.69. The van der Waals surface area contributed by atoms with Gasteiger partial charge in [0.2, 0.25) is 5.88 Å². The average molecular weight is 430 g/mol. The van der Waals surface area contributed by atoms with Crippen molar-refractivity contribution in [2.45, 2.75) is 20.5 Å². The van der Waals surface area contributed by atoms with E-state index in [2.05, 4.69) is 11.1 Å². The molecule has 0 fully saturated rings. The molecule has 3 aromatic rings. The summed E-state index contributed by atoms with van der Waals surface area (Å²) in [4.78, 5) is 17.1. The summed E-state index contributed by atoms with van der Waals surface area (Å²) in [7, 11) is 0. The number of pyridine rings is 1. The van der Waals surface area contributed by atoms with E-state index in [9.17, 15) is 14.4 Å². The lowest BCUT2D eigenvalue weighted by atomic mass is 9.92. The lowest BCUT2D eigenvalue weighted by molar-refractivity contribution is -0.149. The van der Waals surface area contributed by atoms with Crippen LogP contribution in [0.15, 0.2) is 78.9 Å².